The zero-order chi connectivity index (χ0) is 32.9. The number of aliphatic hydroxyl groups excluding tert-OH is 1. The van der Waals surface area contributed by atoms with Crippen LogP contribution < -0.4 is 21.1 Å². The van der Waals surface area contributed by atoms with E-state index in [4.69, 9.17) is 14.8 Å². The average molecular weight is 639 g/mol. The number of pyridine rings is 1. The molecule has 0 radical (unpaired) electrons. The minimum atomic E-state index is -0.698. The molecule has 0 aliphatic carbocycles. The number of aromatic nitrogens is 3. The minimum absolute atomic E-state index is 0.108. The second-order valence-corrected chi connectivity index (χ2v) is 14.0. The number of hydrogen-bond acceptors (Lipinski definition) is 10. The Hall–Kier alpha value is -4.10. The van der Waals surface area contributed by atoms with Gasteiger partial charge in [-0.3, -0.25) is 24.1 Å². The number of thiazole rings is 1. The van der Waals surface area contributed by atoms with E-state index < -0.39 is 17.1 Å². The monoisotopic (exact) mass is 638 g/mol. The first-order chi connectivity index (χ1) is 21.1. The third-order valence-electron chi connectivity index (χ3n) is 7.22. The molecule has 1 aliphatic heterocycles. The number of aliphatic hydroxyl groups is 1. The van der Waals surface area contributed by atoms with Crippen LogP contribution in [-0.4, -0.2) is 69.1 Å². The molecule has 13 heteroatoms. The quantitative estimate of drug-likeness (QED) is 0.235. The van der Waals surface area contributed by atoms with Crippen LogP contribution >= 0.6 is 11.3 Å². The van der Waals surface area contributed by atoms with Crippen molar-refractivity contribution in [3.63, 3.8) is 0 Å². The summed E-state index contributed by atoms with van der Waals surface area (Å²) < 4.78 is 6.73. The lowest BCUT2D eigenvalue weighted by molar-refractivity contribution is -0.148. The SMILES string of the molecule is CC(C)(C)OC(=O)C=Cc1c(N2CCC(CC(=O)NCCO)CC2)nc2cc(C(=O)Nc3nc(C(C)(C)C)cs3)ccn2c1=O. The number of anilines is 2. The highest BCUT2D eigenvalue weighted by Crippen LogP contribution is 2.28. The first-order valence-corrected chi connectivity index (χ1v) is 15.9. The Morgan fingerprint density at radius 1 is 1.13 bits per heavy atom. The smallest absolute Gasteiger partial charge is 0.331 e. The molecule has 1 saturated heterocycles. The van der Waals surface area contributed by atoms with Crippen molar-refractivity contribution in [1.29, 1.82) is 0 Å². The first kappa shape index (κ1) is 33.8. The number of amides is 2. The summed E-state index contributed by atoms with van der Waals surface area (Å²) in [5, 5.41) is 16.9. The van der Waals surface area contributed by atoms with Crippen LogP contribution in [0.2, 0.25) is 0 Å². The molecule has 0 spiro atoms. The second kappa shape index (κ2) is 13.9. The molecule has 3 N–H and O–H groups in total. The Morgan fingerprint density at radius 3 is 2.47 bits per heavy atom. The van der Waals surface area contributed by atoms with E-state index in [9.17, 15) is 19.2 Å². The molecule has 3 aromatic rings. The van der Waals surface area contributed by atoms with Crippen molar-refractivity contribution in [3.05, 3.63) is 57.0 Å². The maximum Gasteiger partial charge on any atom is 0.331 e. The summed E-state index contributed by atoms with van der Waals surface area (Å²) in [6.07, 6.45) is 5.87. The van der Waals surface area contributed by atoms with Crippen LogP contribution in [0.1, 0.15) is 82.4 Å². The van der Waals surface area contributed by atoms with E-state index in [0.29, 0.717) is 48.9 Å². The van der Waals surface area contributed by atoms with Gasteiger partial charge in [-0.15, -0.1) is 11.3 Å². The Kier molecular flexibility index (Phi) is 10.4. The molecule has 4 rings (SSSR count). The van der Waals surface area contributed by atoms with Gasteiger partial charge >= 0.3 is 5.97 Å². The highest BCUT2D eigenvalue weighted by molar-refractivity contribution is 7.14. The zero-order valence-corrected chi connectivity index (χ0v) is 27.5. The molecule has 0 saturated carbocycles. The maximum absolute atomic E-state index is 13.8. The van der Waals surface area contributed by atoms with E-state index in [-0.39, 0.29) is 47.5 Å². The number of piperidine rings is 1. The van der Waals surface area contributed by atoms with Crippen LogP contribution in [0.15, 0.2) is 34.6 Å². The average Bonchev–Trinajstić information content (AvgIpc) is 3.44. The van der Waals surface area contributed by atoms with E-state index >= 15 is 0 Å². The predicted molar refractivity (Wildman–Crippen MR) is 175 cm³/mol. The molecule has 3 aromatic heterocycles. The number of carbonyl (C=O) groups excluding carboxylic acids is 3. The Morgan fingerprint density at radius 2 is 1.84 bits per heavy atom. The third-order valence-corrected chi connectivity index (χ3v) is 7.97. The van der Waals surface area contributed by atoms with Crippen LogP contribution in [-0.2, 0) is 19.7 Å². The van der Waals surface area contributed by atoms with Gasteiger partial charge in [0.25, 0.3) is 11.5 Å². The van der Waals surface area contributed by atoms with Crippen molar-refractivity contribution in [2.24, 2.45) is 5.92 Å². The first-order valence-electron chi connectivity index (χ1n) is 15.0. The van der Waals surface area contributed by atoms with Crippen LogP contribution in [0.5, 0.6) is 0 Å². The van der Waals surface area contributed by atoms with Gasteiger partial charge < -0.3 is 20.1 Å². The fourth-order valence-corrected chi connectivity index (χ4v) is 5.81. The molecular weight excluding hydrogens is 596 g/mol. The molecule has 0 unspecified atom stereocenters. The largest absolute Gasteiger partial charge is 0.457 e. The highest BCUT2D eigenvalue weighted by Gasteiger charge is 2.26. The third kappa shape index (κ3) is 8.98. The topological polar surface area (TPSA) is 155 Å². The molecular formula is C32H42N6O6S. The molecule has 2 amide bonds. The fourth-order valence-electron chi connectivity index (χ4n) is 4.88. The summed E-state index contributed by atoms with van der Waals surface area (Å²) in [5.41, 5.74) is 0.424. The molecule has 12 nitrogen and oxygen atoms in total. The van der Waals surface area contributed by atoms with Gasteiger partial charge in [-0.2, -0.15) is 0 Å². The van der Waals surface area contributed by atoms with Crippen molar-refractivity contribution in [3.8, 4) is 0 Å². The van der Waals surface area contributed by atoms with E-state index in [1.165, 1.54) is 40.2 Å². The molecule has 242 valence electrons. The van der Waals surface area contributed by atoms with Crippen molar-refractivity contribution in [2.75, 3.05) is 36.5 Å². The van der Waals surface area contributed by atoms with Crippen LogP contribution in [0.25, 0.3) is 11.7 Å². The lowest BCUT2D eigenvalue weighted by Gasteiger charge is -2.33. The van der Waals surface area contributed by atoms with Gasteiger partial charge in [0.1, 0.15) is 17.1 Å². The number of carbonyl (C=O) groups is 3. The summed E-state index contributed by atoms with van der Waals surface area (Å²) in [6.45, 7) is 12.6. The molecule has 45 heavy (non-hydrogen) atoms. The summed E-state index contributed by atoms with van der Waals surface area (Å²) in [6, 6.07) is 3.09. The van der Waals surface area contributed by atoms with E-state index in [1.807, 2.05) is 31.1 Å². The molecule has 1 fully saturated rings. The van der Waals surface area contributed by atoms with Gasteiger partial charge in [0.05, 0.1) is 17.9 Å². The van der Waals surface area contributed by atoms with Crippen LogP contribution in [0.3, 0.4) is 0 Å². The number of rotatable bonds is 9. The summed E-state index contributed by atoms with van der Waals surface area (Å²) >= 11 is 1.34. The van der Waals surface area contributed by atoms with Crippen molar-refractivity contribution in [1.82, 2.24) is 19.7 Å². The predicted octanol–water partition coefficient (Wildman–Crippen LogP) is 3.77. The Bertz CT molecular complexity index is 1640. The van der Waals surface area contributed by atoms with E-state index in [2.05, 4.69) is 15.6 Å². The Balaban J connectivity index is 1.64. The number of esters is 1. The number of fused-ring (bicyclic) bond motifs is 1. The number of nitrogens with one attached hydrogen (secondary N) is 2. The van der Waals surface area contributed by atoms with Crippen molar-refractivity contribution >= 4 is 51.8 Å². The number of ether oxygens (including phenoxy) is 1. The highest BCUT2D eigenvalue weighted by atomic mass is 32.1. The van der Waals surface area contributed by atoms with Crippen LogP contribution in [0.4, 0.5) is 10.9 Å². The summed E-state index contributed by atoms with van der Waals surface area (Å²) in [4.78, 5) is 62.9. The zero-order valence-electron chi connectivity index (χ0n) is 26.7. The number of nitrogens with zero attached hydrogens (tertiary/aromatic N) is 4. The molecule has 0 aromatic carbocycles. The molecule has 0 bridgehead atoms. The Labute approximate surface area is 266 Å². The lowest BCUT2D eigenvalue weighted by Crippen LogP contribution is -2.38. The lowest BCUT2D eigenvalue weighted by atomic mass is 9.93. The summed E-state index contributed by atoms with van der Waals surface area (Å²) in [5.74, 6) is -0.548. The van der Waals surface area contributed by atoms with Crippen LogP contribution in [0, 0.1) is 5.92 Å². The molecule has 4 heterocycles. The maximum atomic E-state index is 13.8. The van der Waals surface area contributed by atoms with Gasteiger partial charge in [-0.25, -0.2) is 14.8 Å². The standard InChI is InChI=1S/C32H42N6O6S/c1-31(2,3)23-19-45-30(34-23)36-28(42)21-11-15-38-24(18-21)35-27(22(29(38)43)7-8-26(41)44-32(4,5)6)37-13-9-20(10-14-37)17-25(40)33-12-16-39/h7-8,11,15,18-20,39H,9-10,12-14,16-17H2,1-6H3,(H,33,40)(H,34,36,42). The van der Waals surface area contributed by atoms with Crippen molar-refractivity contribution < 1.29 is 24.2 Å². The van der Waals surface area contributed by atoms with Gasteiger partial charge in [-0.1, -0.05) is 20.8 Å². The summed E-state index contributed by atoms with van der Waals surface area (Å²) in [7, 11) is 0. The molecule has 1 aliphatic rings. The van der Waals surface area contributed by atoms with Gasteiger partial charge in [0.2, 0.25) is 5.91 Å². The van der Waals surface area contributed by atoms with Gasteiger partial charge in [0, 0.05) is 54.7 Å². The van der Waals surface area contributed by atoms with E-state index in [1.54, 1.807) is 26.8 Å². The molecule has 0 atom stereocenters. The van der Waals surface area contributed by atoms with E-state index in [0.717, 1.165) is 5.69 Å². The van der Waals surface area contributed by atoms with Crippen molar-refractivity contribution in [2.45, 2.75) is 71.8 Å². The second-order valence-electron chi connectivity index (χ2n) is 13.1. The normalized spacial score (nSPS) is 14.6. The minimum Gasteiger partial charge on any atom is -0.457 e. The fraction of sp³-hybridized carbons (Fsp3) is 0.500. The van der Waals surface area contributed by atoms with Gasteiger partial charge in [0.15, 0.2) is 5.13 Å². The van der Waals surface area contributed by atoms with Gasteiger partial charge in [-0.05, 0) is 57.7 Å². The number of hydrogen-bond donors (Lipinski definition) is 3.